The summed E-state index contributed by atoms with van der Waals surface area (Å²) in [6.45, 7) is 7.98. The Bertz CT molecular complexity index is 320. The molecule has 0 aromatic heterocycles. The Kier molecular flexibility index (Phi) is 5.31. The van der Waals surface area contributed by atoms with Gasteiger partial charge in [-0.1, -0.05) is 6.92 Å². The lowest BCUT2D eigenvalue weighted by molar-refractivity contribution is -0.137. The molecule has 1 fully saturated rings. The van der Waals surface area contributed by atoms with E-state index in [-0.39, 0.29) is 23.1 Å². The number of hydrogen-bond acceptors (Lipinski definition) is 3. The van der Waals surface area contributed by atoms with Crippen LogP contribution in [0.15, 0.2) is 0 Å². The molecule has 18 heavy (non-hydrogen) atoms. The van der Waals surface area contributed by atoms with Crippen LogP contribution in [0.1, 0.15) is 27.2 Å². The molecule has 1 heterocycles. The second-order valence-corrected chi connectivity index (χ2v) is 7.22. The Morgan fingerprint density at radius 2 is 2.17 bits per heavy atom. The average Bonchev–Trinajstić information content (AvgIpc) is 2.23. The van der Waals surface area contributed by atoms with Crippen molar-refractivity contribution in [2.45, 2.75) is 31.9 Å². The smallest absolute Gasteiger partial charge is 0.317 e. The first-order valence-electron chi connectivity index (χ1n) is 6.19. The molecular formula is C12H22N2O3S. The SMILES string of the molecule is CC(CNC(=O)N1CCSC(C)(C)C1)CC(=O)O. The molecular weight excluding hydrogens is 252 g/mol. The van der Waals surface area contributed by atoms with E-state index in [1.54, 1.807) is 0 Å². The molecule has 1 unspecified atom stereocenters. The minimum absolute atomic E-state index is 0.0429. The number of amides is 2. The van der Waals surface area contributed by atoms with Crippen LogP contribution in [0.4, 0.5) is 4.79 Å². The fraction of sp³-hybridized carbons (Fsp3) is 0.833. The molecule has 0 aromatic rings. The first-order chi connectivity index (χ1) is 8.30. The third-order valence-electron chi connectivity index (χ3n) is 2.84. The number of carboxylic acids is 1. The van der Waals surface area contributed by atoms with Gasteiger partial charge in [0.25, 0.3) is 0 Å². The highest BCUT2D eigenvalue weighted by Gasteiger charge is 2.29. The number of urea groups is 1. The van der Waals surface area contributed by atoms with Crippen molar-refractivity contribution in [3.63, 3.8) is 0 Å². The normalized spacial score (nSPS) is 20.3. The zero-order chi connectivity index (χ0) is 13.8. The number of hydrogen-bond donors (Lipinski definition) is 2. The van der Waals surface area contributed by atoms with Crippen LogP contribution in [0.2, 0.25) is 0 Å². The molecule has 0 spiro atoms. The van der Waals surface area contributed by atoms with Gasteiger partial charge >= 0.3 is 12.0 Å². The van der Waals surface area contributed by atoms with Crippen LogP contribution in [-0.4, -0.2) is 52.1 Å². The molecule has 104 valence electrons. The number of thioether (sulfide) groups is 1. The maximum atomic E-state index is 11.9. The zero-order valence-corrected chi connectivity index (χ0v) is 12.0. The minimum Gasteiger partial charge on any atom is -0.481 e. The van der Waals surface area contributed by atoms with E-state index in [9.17, 15) is 9.59 Å². The van der Waals surface area contributed by atoms with Crippen molar-refractivity contribution >= 4 is 23.8 Å². The first-order valence-corrected chi connectivity index (χ1v) is 7.17. The van der Waals surface area contributed by atoms with Crippen molar-refractivity contribution in [1.29, 1.82) is 0 Å². The van der Waals surface area contributed by atoms with Crippen LogP contribution in [0.3, 0.4) is 0 Å². The van der Waals surface area contributed by atoms with Gasteiger partial charge in [0.05, 0.1) is 0 Å². The summed E-state index contributed by atoms with van der Waals surface area (Å²) in [5, 5.41) is 11.5. The lowest BCUT2D eigenvalue weighted by Crippen LogP contribution is -2.50. The molecule has 1 atom stereocenters. The van der Waals surface area contributed by atoms with E-state index < -0.39 is 5.97 Å². The summed E-state index contributed by atoms with van der Waals surface area (Å²) in [6, 6.07) is -0.0828. The van der Waals surface area contributed by atoms with Gasteiger partial charge in [0.15, 0.2) is 0 Å². The molecule has 5 nitrogen and oxygen atoms in total. The lowest BCUT2D eigenvalue weighted by Gasteiger charge is -2.37. The van der Waals surface area contributed by atoms with E-state index in [0.29, 0.717) is 6.54 Å². The summed E-state index contributed by atoms with van der Waals surface area (Å²) < 4.78 is 0.0995. The Balaban J connectivity index is 2.34. The highest BCUT2D eigenvalue weighted by Crippen LogP contribution is 2.29. The highest BCUT2D eigenvalue weighted by molar-refractivity contribution is 8.00. The van der Waals surface area contributed by atoms with Crippen molar-refractivity contribution in [3.05, 3.63) is 0 Å². The molecule has 2 N–H and O–H groups in total. The van der Waals surface area contributed by atoms with Gasteiger partial charge in [-0.05, 0) is 19.8 Å². The van der Waals surface area contributed by atoms with Gasteiger partial charge in [-0.15, -0.1) is 0 Å². The van der Waals surface area contributed by atoms with Crippen molar-refractivity contribution < 1.29 is 14.7 Å². The number of aliphatic carboxylic acids is 1. The molecule has 1 aliphatic rings. The fourth-order valence-corrected chi connectivity index (χ4v) is 3.04. The summed E-state index contributed by atoms with van der Waals surface area (Å²) in [6.07, 6.45) is 0.0849. The van der Waals surface area contributed by atoms with E-state index in [0.717, 1.165) is 18.8 Å². The van der Waals surface area contributed by atoms with E-state index in [4.69, 9.17) is 5.11 Å². The standard InChI is InChI=1S/C12H22N2O3S/c1-9(6-10(15)16)7-13-11(17)14-4-5-18-12(2,3)8-14/h9H,4-8H2,1-3H3,(H,13,17)(H,15,16). The fourth-order valence-electron chi connectivity index (χ4n) is 1.93. The van der Waals surface area contributed by atoms with Crippen LogP contribution >= 0.6 is 11.8 Å². The predicted octanol–water partition coefficient (Wildman–Crippen LogP) is 1.63. The highest BCUT2D eigenvalue weighted by atomic mass is 32.2. The Labute approximate surface area is 112 Å². The topological polar surface area (TPSA) is 69.6 Å². The lowest BCUT2D eigenvalue weighted by atomic mass is 10.1. The minimum atomic E-state index is -0.827. The molecule has 2 amide bonds. The second-order valence-electron chi connectivity index (χ2n) is 5.42. The predicted molar refractivity (Wildman–Crippen MR) is 72.9 cm³/mol. The van der Waals surface area contributed by atoms with Gasteiger partial charge in [0.2, 0.25) is 0 Å². The van der Waals surface area contributed by atoms with Crippen LogP contribution < -0.4 is 5.32 Å². The maximum Gasteiger partial charge on any atom is 0.317 e. The van der Waals surface area contributed by atoms with Gasteiger partial charge in [-0.3, -0.25) is 4.79 Å². The van der Waals surface area contributed by atoms with E-state index >= 15 is 0 Å². The van der Waals surface area contributed by atoms with E-state index in [2.05, 4.69) is 19.2 Å². The van der Waals surface area contributed by atoms with E-state index in [1.165, 1.54) is 0 Å². The number of nitrogens with one attached hydrogen (secondary N) is 1. The quantitative estimate of drug-likeness (QED) is 0.817. The molecule has 1 saturated heterocycles. The average molecular weight is 274 g/mol. The maximum absolute atomic E-state index is 11.9. The van der Waals surface area contributed by atoms with Crippen LogP contribution in [-0.2, 0) is 4.79 Å². The van der Waals surface area contributed by atoms with Gasteiger partial charge in [-0.2, -0.15) is 11.8 Å². The molecule has 0 radical (unpaired) electrons. The van der Waals surface area contributed by atoms with Gasteiger partial charge in [-0.25, -0.2) is 4.79 Å². The van der Waals surface area contributed by atoms with Crippen molar-refractivity contribution in [1.82, 2.24) is 10.2 Å². The van der Waals surface area contributed by atoms with Crippen molar-refractivity contribution in [2.75, 3.05) is 25.4 Å². The van der Waals surface area contributed by atoms with Crippen LogP contribution in [0.25, 0.3) is 0 Å². The third kappa shape index (κ3) is 5.16. The number of carboxylic acid groups (broad SMARTS) is 1. The number of carbonyl (C=O) groups excluding carboxylic acids is 1. The first kappa shape index (κ1) is 15.1. The number of nitrogens with zero attached hydrogens (tertiary/aromatic N) is 1. The van der Waals surface area contributed by atoms with Crippen LogP contribution in [0, 0.1) is 5.92 Å². The third-order valence-corrected chi connectivity index (χ3v) is 4.13. The summed E-state index contributed by atoms with van der Waals surface area (Å²) in [5.74, 6) is 0.0799. The molecule has 0 aliphatic carbocycles. The van der Waals surface area contributed by atoms with E-state index in [1.807, 2.05) is 23.6 Å². The van der Waals surface area contributed by atoms with Gasteiger partial charge in [0, 0.05) is 36.6 Å². The Hall–Kier alpha value is -0.910. The van der Waals surface area contributed by atoms with Crippen molar-refractivity contribution in [2.24, 2.45) is 5.92 Å². The summed E-state index contributed by atoms with van der Waals surface area (Å²) >= 11 is 1.87. The monoisotopic (exact) mass is 274 g/mol. The molecule has 1 aliphatic heterocycles. The zero-order valence-electron chi connectivity index (χ0n) is 11.2. The summed E-state index contributed by atoms with van der Waals surface area (Å²) in [4.78, 5) is 24.3. The summed E-state index contributed by atoms with van der Waals surface area (Å²) in [7, 11) is 0. The van der Waals surface area contributed by atoms with Gasteiger partial charge in [0.1, 0.15) is 0 Å². The Morgan fingerprint density at radius 3 is 2.72 bits per heavy atom. The number of rotatable bonds is 4. The summed E-state index contributed by atoms with van der Waals surface area (Å²) in [5.41, 5.74) is 0. The Morgan fingerprint density at radius 1 is 1.50 bits per heavy atom. The molecule has 0 saturated carbocycles. The molecule has 6 heteroatoms. The molecule has 0 aromatic carbocycles. The molecule has 0 bridgehead atoms. The molecule has 1 rings (SSSR count). The van der Waals surface area contributed by atoms with Crippen molar-refractivity contribution in [3.8, 4) is 0 Å². The van der Waals surface area contributed by atoms with Crippen LogP contribution in [0.5, 0.6) is 0 Å². The van der Waals surface area contributed by atoms with Gasteiger partial charge < -0.3 is 15.3 Å². The number of carbonyl (C=O) groups is 2. The largest absolute Gasteiger partial charge is 0.481 e. The second kappa shape index (κ2) is 6.31.